The van der Waals surface area contributed by atoms with Crippen LogP contribution in [0.3, 0.4) is 0 Å². The Balaban J connectivity index is 7.07. The van der Waals surface area contributed by atoms with Crippen molar-refractivity contribution < 1.29 is 58.0 Å². The monoisotopic (exact) mass is 829 g/mol. The predicted octanol–water partition coefficient (Wildman–Crippen LogP) is 2.79. The van der Waals surface area contributed by atoms with Gasteiger partial charge in [-0.25, -0.2) is 14.5 Å². The van der Waals surface area contributed by atoms with Crippen LogP contribution in [0.1, 0.15) is 122 Å². The van der Waals surface area contributed by atoms with Crippen molar-refractivity contribution in [2.24, 2.45) is 46.0 Å². The lowest BCUT2D eigenvalue weighted by atomic mass is 9.77. The number of carbonyl (C=O) groups is 8. The van der Waals surface area contributed by atoms with E-state index in [1.807, 2.05) is 0 Å². The van der Waals surface area contributed by atoms with Gasteiger partial charge in [-0.2, -0.15) is 0 Å². The number of unbranched alkanes of at least 4 members (excludes halogenated alkanes) is 1. The van der Waals surface area contributed by atoms with E-state index in [0.717, 1.165) is 7.11 Å². The number of carboxylic acids is 2. The lowest BCUT2D eigenvalue weighted by Gasteiger charge is -2.37. The maximum atomic E-state index is 14.5. The van der Waals surface area contributed by atoms with Crippen LogP contribution in [0, 0.1) is 34.5 Å². The molecule has 0 radical (unpaired) electrons. The van der Waals surface area contributed by atoms with Crippen molar-refractivity contribution in [3.05, 3.63) is 0 Å². The van der Waals surface area contributed by atoms with Crippen molar-refractivity contribution >= 4 is 47.6 Å². The maximum Gasteiger partial charge on any atom is 0.417 e. The smallest absolute Gasteiger partial charge is 0.417 e. The molecule has 0 aromatic rings. The van der Waals surface area contributed by atoms with Gasteiger partial charge in [-0.15, -0.1) is 0 Å². The fourth-order valence-corrected chi connectivity index (χ4v) is 6.08. The minimum absolute atomic E-state index is 0.255. The van der Waals surface area contributed by atoms with E-state index in [2.05, 4.69) is 16.0 Å². The maximum absolute atomic E-state index is 14.5. The Kier molecular flexibility index (Phi) is 21.0. The zero-order valence-corrected chi connectivity index (χ0v) is 37.0. The Labute approximate surface area is 343 Å². The van der Waals surface area contributed by atoms with Crippen molar-refractivity contribution in [3.63, 3.8) is 0 Å². The number of imide groups is 1. The van der Waals surface area contributed by atoms with Gasteiger partial charge in [0, 0.05) is 0 Å². The summed E-state index contributed by atoms with van der Waals surface area (Å²) in [4.78, 5) is 108. The molecule has 18 nitrogen and oxygen atoms in total. The van der Waals surface area contributed by atoms with Gasteiger partial charge >= 0.3 is 24.0 Å². The van der Waals surface area contributed by atoms with Gasteiger partial charge in [0.15, 0.2) is 0 Å². The minimum atomic E-state index is -1.79. The van der Waals surface area contributed by atoms with E-state index in [9.17, 15) is 48.6 Å². The molecule has 0 aliphatic carbocycles. The van der Waals surface area contributed by atoms with Crippen molar-refractivity contribution in [1.29, 1.82) is 0 Å². The van der Waals surface area contributed by atoms with Gasteiger partial charge in [-0.05, 0) is 75.7 Å². The lowest BCUT2D eigenvalue weighted by molar-refractivity contribution is -0.157. The number of nitrogens with one attached hydrogen (secondary N) is 3. The first kappa shape index (κ1) is 53.7. The summed E-state index contributed by atoms with van der Waals surface area (Å²) in [5.74, 6) is -11.0. The second-order valence-corrected chi connectivity index (χ2v) is 18.6. The van der Waals surface area contributed by atoms with Crippen LogP contribution < -0.4 is 27.4 Å². The Bertz CT molecular complexity index is 1450. The van der Waals surface area contributed by atoms with Crippen LogP contribution >= 0.6 is 0 Å². The Morgan fingerprint density at radius 3 is 1.53 bits per heavy atom. The molecular weight excluding hydrogens is 756 g/mol. The van der Waals surface area contributed by atoms with Gasteiger partial charge in [0.1, 0.15) is 29.8 Å². The third-order valence-corrected chi connectivity index (χ3v) is 9.65. The Morgan fingerprint density at radius 1 is 0.672 bits per heavy atom. The van der Waals surface area contributed by atoms with E-state index >= 15 is 0 Å². The summed E-state index contributed by atoms with van der Waals surface area (Å²) in [6.45, 7) is 21.2. The van der Waals surface area contributed by atoms with Crippen LogP contribution in [0.4, 0.5) is 4.79 Å². The number of nitrogens with two attached hydrogens (primary N) is 2. The number of hydrogen-bond donors (Lipinski definition) is 7. The molecule has 0 aromatic carbocycles. The second-order valence-electron chi connectivity index (χ2n) is 18.6. The van der Waals surface area contributed by atoms with E-state index in [0.29, 0.717) is 24.3 Å². The molecule has 0 saturated heterocycles. The molecule has 0 rings (SSSR count). The molecule has 58 heavy (non-hydrogen) atoms. The SMILES string of the molecule is COC(=O)[C@H](CC(C(=O)O)C(C)(C)C)N(C(=O)OC(C)(C)C)C(=O)[C@@H](NC(=O)[C@@H](NC(=O)[C@H](CC(C(=O)O)C(C)(C)C)NC(=O)[C@@H](N)CCCCN)C(C)C)C(C)C. The summed E-state index contributed by atoms with van der Waals surface area (Å²) in [7, 11) is 1.02. The van der Waals surface area contributed by atoms with E-state index < -0.39 is 124 Å². The van der Waals surface area contributed by atoms with Crippen LogP contribution in [-0.2, 0) is 43.0 Å². The Morgan fingerprint density at radius 2 is 1.14 bits per heavy atom. The first-order valence-electron chi connectivity index (χ1n) is 19.8. The zero-order valence-electron chi connectivity index (χ0n) is 37.0. The lowest BCUT2D eigenvalue weighted by Crippen LogP contribution is -2.62. The largest absolute Gasteiger partial charge is 0.481 e. The standard InChI is InChI=1S/C40H72N6O12/c1-21(2)28(44-31(48)26(19-23(34(51)52)38(5,6)7)43-30(47)25(42)17-15-16-18-41)32(49)45-29(22(3)4)33(50)46(37(56)58-40(11,12)13)27(36(55)57-14)20-24(35(53)54)39(8,9)10/h21-29H,15-20,41-42H2,1-14H3,(H,43,47)(H,44,48)(H,45,49)(H,51,52)(H,53,54)/t23?,24?,25-,26-,27-,28-,29-/m0/s1. The summed E-state index contributed by atoms with van der Waals surface area (Å²) in [6.07, 6.45) is -0.779. The molecule has 5 amide bonds. The van der Waals surface area contributed by atoms with E-state index in [-0.39, 0.29) is 12.8 Å². The van der Waals surface area contributed by atoms with E-state index in [1.165, 1.54) is 20.8 Å². The van der Waals surface area contributed by atoms with Gasteiger partial charge in [0.2, 0.25) is 17.7 Å². The third-order valence-electron chi connectivity index (χ3n) is 9.65. The van der Waals surface area contributed by atoms with Crippen LogP contribution in [0.25, 0.3) is 0 Å². The number of rotatable bonds is 21. The molecule has 18 heteroatoms. The Hall–Kier alpha value is -4.32. The number of nitrogens with zero attached hydrogens (tertiary/aromatic N) is 1. The van der Waals surface area contributed by atoms with Crippen molar-refractivity contribution in [3.8, 4) is 0 Å². The molecule has 2 unspecified atom stereocenters. The second kappa shape index (κ2) is 22.7. The summed E-state index contributed by atoms with van der Waals surface area (Å²) < 4.78 is 10.5. The first-order valence-corrected chi connectivity index (χ1v) is 19.8. The van der Waals surface area contributed by atoms with Gasteiger partial charge in [0.05, 0.1) is 25.0 Å². The number of amides is 5. The topological polar surface area (TPSA) is 287 Å². The number of aliphatic carboxylic acids is 2. The predicted molar refractivity (Wildman–Crippen MR) is 216 cm³/mol. The quantitative estimate of drug-likeness (QED) is 0.0647. The van der Waals surface area contributed by atoms with Gasteiger partial charge in [-0.3, -0.25) is 28.8 Å². The molecule has 9 N–H and O–H groups in total. The number of hydrogen-bond acceptors (Lipinski definition) is 12. The molecule has 7 atom stereocenters. The molecule has 0 saturated carbocycles. The molecule has 0 spiro atoms. The fraction of sp³-hybridized carbons (Fsp3) is 0.800. The van der Waals surface area contributed by atoms with Crippen LogP contribution in [-0.4, -0.2) is 112 Å². The highest BCUT2D eigenvalue weighted by Gasteiger charge is 2.47. The van der Waals surface area contributed by atoms with E-state index in [4.69, 9.17) is 20.9 Å². The van der Waals surface area contributed by atoms with Crippen LogP contribution in [0.15, 0.2) is 0 Å². The number of esters is 1. The molecule has 0 aliphatic rings. The van der Waals surface area contributed by atoms with Gasteiger partial charge in [0.25, 0.3) is 5.91 Å². The average molecular weight is 829 g/mol. The first-order chi connectivity index (χ1) is 26.3. The number of carboxylic acid groups (broad SMARTS) is 2. The van der Waals surface area contributed by atoms with Crippen LogP contribution in [0.5, 0.6) is 0 Å². The zero-order chi connectivity index (χ0) is 45.7. The molecule has 334 valence electrons. The highest BCUT2D eigenvalue weighted by Crippen LogP contribution is 2.33. The highest BCUT2D eigenvalue weighted by molar-refractivity contribution is 6.02. The fourth-order valence-electron chi connectivity index (χ4n) is 6.08. The van der Waals surface area contributed by atoms with Crippen molar-refractivity contribution in [2.75, 3.05) is 13.7 Å². The average Bonchev–Trinajstić information content (AvgIpc) is 3.05. The van der Waals surface area contributed by atoms with Crippen LogP contribution in [0.2, 0.25) is 0 Å². The van der Waals surface area contributed by atoms with Crippen molar-refractivity contribution in [2.45, 2.75) is 158 Å². The van der Waals surface area contributed by atoms with Gasteiger partial charge < -0.3 is 47.1 Å². The van der Waals surface area contributed by atoms with Gasteiger partial charge in [-0.1, -0.05) is 75.7 Å². The molecule has 0 heterocycles. The number of ether oxygens (including phenoxy) is 2. The summed E-state index contributed by atoms with van der Waals surface area (Å²) in [5.41, 5.74) is 8.67. The molecular formula is C40H72N6O12. The highest BCUT2D eigenvalue weighted by atomic mass is 16.6. The third kappa shape index (κ3) is 17.3. The molecule has 0 aromatic heterocycles. The number of methoxy groups -OCH3 is 1. The summed E-state index contributed by atoms with van der Waals surface area (Å²) >= 11 is 0. The minimum Gasteiger partial charge on any atom is -0.481 e. The molecule has 0 fully saturated rings. The summed E-state index contributed by atoms with van der Waals surface area (Å²) in [6, 6.07) is -7.18. The van der Waals surface area contributed by atoms with E-state index in [1.54, 1.807) is 69.2 Å². The molecule has 0 bridgehead atoms. The number of carbonyl (C=O) groups excluding carboxylic acids is 6. The summed E-state index contributed by atoms with van der Waals surface area (Å²) in [5, 5.41) is 27.9. The van der Waals surface area contributed by atoms with Crippen molar-refractivity contribution in [1.82, 2.24) is 20.9 Å². The molecule has 0 aliphatic heterocycles. The normalized spacial score (nSPS) is 15.8.